The van der Waals surface area contributed by atoms with Crippen LogP contribution in [0.4, 0.5) is 10.1 Å². The summed E-state index contributed by atoms with van der Waals surface area (Å²) in [4.78, 5) is 14.6. The molecule has 1 fully saturated rings. The van der Waals surface area contributed by atoms with Crippen LogP contribution in [0.5, 0.6) is 17.2 Å². The van der Waals surface area contributed by atoms with Gasteiger partial charge in [-0.2, -0.15) is 0 Å². The Morgan fingerprint density at radius 3 is 3.00 bits per heavy atom. The largest absolute Gasteiger partial charge is 0.493 e. The SMILES string of the molecule is COc1cc(CN2CCC[C@@H](CCC(=O)Nc3ccccc3F)C2)cc2c1OCO2. The van der Waals surface area contributed by atoms with Crippen molar-refractivity contribution in [3.63, 3.8) is 0 Å². The summed E-state index contributed by atoms with van der Waals surface area (Å²) < 4.78 is 30.1. The molecule has 30 heavy (non-hydrogen) atoms. The van der Waals surface area contributed by atoms with Crippen molar-refractivity contribution in [2.45, 2.75) is 32.2 Å². The minimum Gasteiger partial charge on any atom is -0.493 e. The normalized spacial score (nSPS) is 18.3. The molecule has 2 aliphatic rings. The molecule has 0 spiro atoms. The Balaban J connectivity index is 1.29. The van der Waals surface area contributed by atoms with Crippen LogP contribution in [-0.4, -0.2) is 37.8 Å². The lowest BCUT2D eigenvalue weighted by atomic mass is 9.93. The van der Waals surface area contributed by atoms with Gasteiger partial charge in [-0.1, -0.05) is 12.1 Å². The van der Waals surface area contributed by atoms with E-state index in [9.17, 15) is 9.18 Å². The van der Waals surface area contributed by atoms with Crippen LogP contribution in [0.15, 0.2) is 36.4 Å². The van der Waals surface area contributed by atoms with Gasteiger partial charge >= 0.3 is 0 Å². The van der Waals surface area contributed by atoms with Gasteiger partial charge in [-0.15, -0.1) is 0 Å². The molecule has 4 rings (SSSR count). The molecular formula is C23H27FN2O4. The molecule has 2 aromatic rings. The van der Waals surface area contributed by atoms with Crippen LogP contribution in [-0.2, 0) is 11.3 Å². The van der Waals surface area contributed by atoms with Crippen LogP contribution < -0.4 is 19.5 Å². The number of anilines is 1. The molecule has 6 nitrogen and oxygen atoms in total. The third-order valence-corrected chi connectivity index (χ3v) is 5.66. The van der Waals surface area contributed by atoms with E-state index >= 15 is 0 Å². The summed E-state index contributed by atoms with van der Waals surface area (Å²) in [6.07, 6.45) is 3.39. The second-order valence-electron chi connectivity index (χ2n) is 7.84. The van der Waals surface area contributed by atoms with Crippen LogP contribution in [0.1, 0.15) is 31.2 Å². The Labute approximate surface area is 175 Å². The first kappa shape index (κ1) is 20.5. The molecule has 2 aliphatic heterocycles. The van der Waals surface area contributed by atoms with Crippen molar-refractivity contribution in [3.8, 4) is 17.2 Å². The van der Waals surface area contributed by atoms with E-state index in [0.717, 1.165) is 50.2 Å². The van der Waals surface area contributed by atoms with Crippen molar-refractivity contribution in [2.24, 2.45) is 5.92 Å². The predicted octanol–water partition coefficient (Wildman–Crippen LogP) is 4.19. The number of carbonyl (C=O) groups is 1. The highest BCUT2D eigenvalue weighted by Crippen LogP contribution is 2.42. The molecule has 1 amide bonds. The zero-order chi connectivity index (χ0) is 20.9. The van der Waals surface area contributed by atoms with Crippen molar-refractivity contribution in [3.05, 3.63) is 47.8 Å². The standard InChI is InChI=1S/C23H27FN2O4/c1-28-20-11-17(12-21-23(20)30-15-29-21)14-26-10-4-5-16(13-26)8-9-22(27)25-19-7-3-2-6-18(19)24/h2-3,6-7,11-12,16H,4-5,8-10,13-15H2,1H3,(H,25,27)/t16-/m0/s1. The third kappa shape index (κ3) is 4.84. The fourth-order valence-corrected chi connectivity index (χ4v) is 4.17. The zero-order valence-corrected chi connectivity index (χ0v) is 17.2. The Bertz CT molecular complexity index is 905. The number of likely N-dealkylation sites (tertiary alicyclic amines) is 1. The number of ether oxygens (including phenoxy) is 3. The van der Waals surface area contributed by atoms with Gasteiger partial charge in [0.2, 0.25) is 18.4 Å². The number of hydrogen-bond acceptors (Lipinski definition) is 5. The van der Waals surface area contributed by atoms with E-state index in [1.54, 1.807) is 25.3 Å². The quantitative estimate of drug-likeness (QED) is 0.736. The van der Waals surface area contributed by atoms with Gasteiger partial charge in [0.1, 0.15) is 5.82 Å². The summed E-state index contributed by atoms with van der Waals surface area (Å²) in [6, 6.07) is 10.3. The van der Waals surface area contributed by atoms with E-state index in [0.29, 0.717) is 23.8 Å². The Morgan fingerprint density at radius 1 is 1.30 bits per heavy atom. The number of nitrogens with one attached hydrogen (secondary N) is 1. The van der Waals surface area contributed by atoms with Crippen molar-refractivity contribution in [1.82, 2.24) is 4.90 Å². The number of piperidine rings is 1. The maximum atomic E-state index is 13.7. The van der Waals surface area contributed by atoms with Crippen LogP contribution >= 0.6 is 0 Å². The van der Waals surface area contributed by atoms with Crippen LogP contribution in [0.3, 0.4) is 0 Å². The highest BCUT2D eigenvalue weighted by Gasteiger charge is 2.24. The number of para-hydroxylation sites is 1. The van der Waals surface area contributed by atoms with Crippen molar-refractivity contribution >= 4 is 11.6 Å². The number of halogens is 1. The first-order valence-electron chi connectivity index (χ1n) is 10.4. The van der Waals surface area contributed by atoms with E-state index in [1.165, 1.54) is 6.07 Å². The van der Waals surface area contributed by atoms with E-state index < -0.39 is 5.82 Å². The van der Waals surface area contributed by atoms with Crippen molar-refractivity contribution in [1.29, 1.82) is 0 Å². The summed E-state index contributed by atoms with van der Waals surface area (Å²) in [6.45, 7) is 2.97. The number of rotatable bonds is 7. The molecule has 2 aromatic carbocycles. The lowest BCUT2D eigenvalue weighted by Gasteiger charge is -2.32. The molecule has 0 aliphatic carbocycles. The molecule has 1 N–H and O–H groups in total. The second kappa shape index (κ2) is 9.34. The maximum absolute atomic E-state index is 13.7. The topological polar surface area (TPSA) is 60.0 Å². The predicted molar refractivity (Wildman–Crippen MR) is 111 cm³/mol. The number of fused-ring (bicyclic) bond motifs is 1. The molecule has 0 aromatic heterocycles. The Hall–Kier alpha value is -2.80. The van der Waals surface area contributed by atoms with Gasteiger partial charge in [0.15, 0.2) is 11.5 Å². The molecule has 1 atom stereocenters. The Morgan fingerprint density at radius 2 is 2.17 bits per heavy atom. The molecular weight excluding hydrogens is 387 g/mol. The highest BCUT2D eigenvalue weighted by atomic mass is 19.1. The number of hydrogen-bond donors (Lipinski definition) is 1. The summed E-state index contributed by atoms with van der Waals surface area (Å²) in [7, 11) is 1.63. The van der Waals surface area contributed by atoms with Gasteiger partial charge in [0.05, 0.1) is 12.8 Å². The second-order valence-corrected chi connectivity index (χ2v) is 7.84. The minimum atomic E-state index is -0.408. The van der Waals surface area contributed by atoms with Gasteiger partial charge in [-0.25, -0.2) is 4.39 Å². The maximum Gasteiger partial charge on any atom is 0.231 e. The molecule has 2 heterocycles. The number of methoxy groups -OCH3 is 1. The third-order valence-electron chi connectivity index (χ3n) is 5.66. The lowest BCUT2D eigenvalue weighted by Crippen LogP contribution is -2.35. The summed E-state index contributed by atoms with van der Waals surface area (Å²) in [5.41, 5.74) is 1.36. The minimum absolute atomic E-state index is 0.141. The summed E-state index contributed by atoms with van der Waals surface area (Å²) in [5, 5.41) is 2.67. The molecule has 7 heteroatoms. The Kier molecular flexibility index (Phi) is 6.38. The summed E-state index contributed by atoms with van der Waals surface area (Å²) in [5.74, 6) is 1.98. The van der Waals surface area contributed by atoms with Gasteiger partial charge in [0.25, 0.3) is 0 Å². The zero-order valence-electron chi connectivity index (χ0n) is 17.2. The number of benzene rings is 2. The van der Waals surface area contributed by atoms with Crippen molar-refractivity contribution < 1.29 is 23.4 Å². The summed E-state index contributed by atoms with van der Waals surface area (Å²) >= 11 is 0. The van der Waals surface area contributed by atoms with Gasteiger partial charge in [0, 0.05) is 19.5 Å². The average Bonchev–Trinajstić information content (AvgIpc) is 3.22. The van der Waals surface area contributed by atoms with E-state index in [2.05, 4.69) is 10.2 Å². The molecule has 1 saturated heterocycles. The van der Waals surface area contributed by atoms with Crippen molar-refractivity contribution in [2.75, 3.05) is 32.3 Å². The average molecular weight is 414 g/mol. The van der Waals surface area contributed by atoms with E-state index in [-0.39, 0.29) is 18.4 Å². The first-order chi connectivity index (χ1) is 14.6. The number of carbonyl (C=O) groups excluding carboxylic acids is 1. The van der Waals surface area contributed by atoms with Gasteiger partial charge in [-0.3, -0.25) is 9.69 Å². The molecule has 0 radical (unpaired) electrons. The molecule has 0 bridgehead atoms. The monoisotopic (exact) mass is 414 g/mol. The lowest BCUT2D eigenvalue weighted by molar-refractivity contribution is -0.116. The molecule has 0 saturated carbocycles. The fourth-order valence-electron chi connectivity index (χ4n) is 4.17. The fraction of sp³-hybridized carbons (Fsp3) is 0.435. The molecule has 160 valence electrons. The van der Waals surface area contributed by atoms with Crippen LogP contribution in [0.2, 0.25) is 0 Å². The van der Waals surface area contributed by atoms with E-state index in [4.69, 9.17) is 14.2 Å². The molecule has 0 unspecified atom stereocenters. The van der Waals surface area contributed by atoms with Gasteiger partial charge < -0.3 is 19.5 Å². The first-order valence-corrected chi connectivity index (χ1v) is 10.4. The van der Waals surface area contributed by atoms with Crippen LogP contribution in [0, 0.1) is 11.7 Å². The van der Waals surface area contributed by atoms with Crippen LogP contribution in [0.25, 0.3) is 0 Å². The smallest absolute Gasteiger partial charge is 0.231 e. The number of amides is 1. The van der Waals surface area contributed by atoms with Gasteiger partial charge in [-0.05, 0) is 61.6 Å². The highest BCUT2D eigenvalue weighted by molar-refractivity contribution is 5.90. The van der Waals surface area contributed by atoms with E-state index in [1.807, 2.05) is 12.1 Å². The number of nitrogens with zero attached hydrogens (tertiary/aromatic N) is 1.